The summed E-state index contributed by atoms with van der Waals surface area (Å²) >= 11 is 0. The molecule has 0 aliphatic carbocycles. The summed E-state index contributed by atoms with van der Waals surface area (Å²) in [6, 6.07) is -2.61. The van der Waals surface area contributed by atoms with Crippen molar-refractivity contribution in [2.75, 3.05) is 6.54 Å². The maximum atomic E-state index is 12.1. The van der Waals surface area contributed by atoms with Crippen LogP contribution in [0.5, 0.6) is 0 Å². The molecule has 24 heavy (non-hydrogen) atoms. The van der Waals surface area contributed by atoms with E-state index in [1.54, 1.807) is 0 Å². The molecule has 0 aromatic heterocycles. The number of fused-ring (bicyclic) bond motifs is 2. The molecule has 0 aromatic carbocycles. The van der Waals surface area contributed by atoms with Gasteiger partial charge in [-0.15, -0.1) is 4.28 Å². The molecule has 2 bridgehead atoms. The van der Waals surface area contributed by atoms with Gasteiger partial charge in [0.1, 0.15) is 12.3 Å². The van der Waals surface area contributed by atoms with Crippen LogP contribution in [0.2, 0.25) is 0 Å². The summed E-state index contributed by atoms with van der Waals surface area (Å²) in [7, 11) is -4.92. The number of rotatable bonds is 4. The number of piperidine rings is 1. The van der Waals surface area contributed by atoms with Crippen molar-refractivity contribution in [2.45, 2.75) is 37.5 Å². The molecular weight excluding hydrogens is 361 g/mol. The molecule has 2 fully saturated rings. The van der Waals surface area contributed by atoms with Gasteiger partial charge in [0.2, 0.25) is 0 Å². The highest BCUT2D eigenvalue weighted by Crippen LogP contribution is 2.31. The van der Waals surface area contributed by atoms with Crippen molar-refractivity contribution >= 4 is 28.2 Å². The number of hydrogen-bond donors (Lipinski definition) is 2. The van der Waals surface area contributed by atoms with Crippen LogP contribution in [0.4, 0.5) is 18.0 Å². The van der Waals surface area contributed by atoms with Crippen LogP contribution in [-0.4, -0.2) is 65.5 Å². The average molecular weight is 374 g/mol. The zero-order valence-electron chi connectivity index (χ0n) is 11.9. The van der Waals surface area contributed by atoms with Gasteiger partial charge >= 0.3 is 22.6 Å². The smallest absolute Gasteiger partial charge is 0.385 e. The highest BCUT2D eigenvalue weighted by molar-refractivity contribution is 7.80. The van der Waals surface area contributed by atoms with Gasteiger partial charge in [0.05, 0.1) is 12.1 Å². The van der Waals surface area contributed by atoms with Crippen LogP contribution in [-0.2, 0) is 19.5 Å². The second-order valence-electron chi connectivity index (χ2n) is 5.23. The number of nitrogens with two attached hydrogens (primary N) is 1. The highest BCUT2D eigenvalue weighted by atomic mass is 32.3. The Labute approximate surface area is 133 Å². The van der Waals surface area contributed by atoms with Crippen LogP contribution in [0.3, 0.4) is 0 Å². The second kappa shape index (κ2) is 6.18. The largest absolute Gasteiger partial charge is 0.418 e. The fourth-order valence-electron chi connectivity index (χ4n) is 2.57. The van der Waals surface area contributed by atoms with Gasteiger partial charge in [-0.05, 0) is 12.8 Å². The lowest BCUT2D eigenvalue weighted by atomic mass is 10.0. The van der Waals surface area contributed by atoms with Crippen molar-refractivity contribution in [3.63, 3.8) is 0 Å². The molecule has 0 aromatic rings. The van der Waals surface area contributed by atoms with Crippen LogP contribution in [0.25, 0.3) is 0 Å². The third-order valence-electron chi connectivity index (χ3n) is 3.44. The van der Waals surface area contributed by atoms with E-state index in [9.17, 15) is 31.2 Å². The number of carbonyl (C=O) groups is 2. The molecule has 2 saturated heterocycles. The number of halogens is 3. The molecule has 2 aliphatic heterocycles. The Morgan fingerprint density at radius 1 is 1.42 bits per heavy atom. The van der Waals surface area contributed by atoms with E-state index < -0.39 is 52.9 Å². The number of aliphatic imine (C=N–C) groups is 1. The minimum absolute atomic E-state index is 0.0390. The fourth-order valence-corrected chi connectivity index (χ4v) is 2.96. The van der Waals surface area contributed by atoms with E-state index in [1.807, 2.05) is 0 Å². The van der Waals surface area contributed by atoms with Crippen molar-refractivity contribution in [3.8, 4) is 0 Å². The summed E-state index contributed by atoms with van der Waals surface area (Å²) in [5.74, 6) is -1.98. The Kier molecular flexibility index (Phi) is 4.74. The topological polar surface area (TPSA) is 143 Å². The fraction of sp³-hybridized carbons (Fsp3) is 0.700. The maximum Gasteiger partial charge on any atom is 0.418 e. The first-order valence-corrected chi connectivity index (χ1v) is 7.94. The number of hydrogen-bond acceptors (Lipinski definition) is 5. The number of hydroxylamine groups is 2. The summed E-state index contributed by atoms with van der Waals surface area (Å²) in [5.41, 5.74) is 5.53. The van der Waals surface area contributed by atoms with Crippen LogP contribution in [0.15, 0.2) is 4.99 Å². The molecule has 14 heteroatoms. The van der Waals surface area contributed by atoms with Crippen LogP contribution in [0.1, 0.15) is 19.3 Å². The van der Waals surface area contributed by atoms with Gasteiger partial charge in [-0.1, -0.05) is 0 Å². The second-order valence-corrected chi connectivity index (χ2v) is 6.24. The Morgan fingerprint density at radius 2 is 2.04 bits per heavy atom. The standard InChI is InChI=1S/C10H13F3N4O6S/c11-10(12,13)3-7(18)15-8(14)6-2-1-5-4-16(6)9(19)17(5)23-24(20,21)22/h5-6H,1-4H2,(H2,14,15,18)(H,20,21,22)/t5-,6-/m1/s1. The lowest BCUT2D eigenvalue weighted by Gasteiger charge is -2.29. The van der Waals surface area contributed by atoms with E-state index in [1.165, 1.54) is 0 Å². The SMILES string of the molecule is NC(=NC(=O)CC(F)(F)F)[C@H]1CC[C@@H]2CN1C(=O)N2OS(=O)(=O)O. The molecule has 136 valence electrons. The minimum atomic E-state index is -4.92. The molecule has 2 aliphatic rings. The van der Waals surface area contributed by atoms with Gasteiger partial charge in [0.15, 0.2) is 0 Å². The predicted octanol–water partition coefficient (Wildman–Crippen LogP) is -0.174. The molecule has 3 amide bonds. The van der Waals surface area contributed by atoms with Gasteiger partial charge < -0.3 is 10.6 Å². The number of alkyl halides is 3. The number of carbonyl (C=O) groups excluding carboxylic acids is 2. The van der Waals surface area contributed by atoms with E-state index in [2.05, 4.69) is 9.28 Å². The number of nitrogens with zero attached hydrogens (tertiary/aromatic N) is 3. The van der Waals surface area contributed by atoms with Crippen molar-refractivity contribution < 1.29 is 40.0 Å². The molecule has 0 saturated carbocycles. The molecule has 10 nitrogen and oxygen atoms in total. The minimum Gasteiger partial charge on any atom is -0.385 e. The van der Waals surface area contributed by atoms with Crippen LogP contribution >= 0.6 is 0 Å². The van der Waals surface area contributed by atoms with E-state index in [0.717, 1.165) is 4.90 Å². The molecule has 0 spiro atoms. The summed E-state index contributed by atoms with van der Waals surface area (Å²) in [6.07, 6.45) is -6.19. The van der Waals surface area contributed by atoms with E-state index in [4.69, 9.17) is 10.3 Å². The van der Waals surface area contributed by atoms with E-state index >= 15 is 0 Å². The average Bonchev–Trinajstić information content (AvgIpc) is 2.60. The first-order chi connectivity index (χ1) is 10.9. The van der Waals surface area contributed by atoms with Crippen molar-refractivity contribution in [1.29, 1.82) is 0 Å². The lowest BCUT2D eigenvalue weighted by molar-refractivity contribution is -0.151. The van der Waals surface area contributed by atoms with Crippen molar-refractivity contribution in [3.05, 3.63) is 0 Å². The molecule has 0 radical (unpaired) electrons. The van der Waals surface area contributed by atoms with Gasteiger partial charge in [-0.2, -0.15) is 31.6 Å². The number of amidine groups is 1. The number of amides is 3. The Balaban J connectivity index is 2.12. The molecule has 2 heterocycles. The normalized spacial score (nSPS) is 25.3. The molecule has 0 unspecified atom stereocenters. The zero-order chi connectivity index (χ0) is 18.3. The first kappa shape index (κ1) is 18.4. The molecular formula is C10H13F3N4O6S. The van der Waals surface area contributed by atoms with Gasteiger partial charge in [-0.3, -0.25) is 9.35 Å². The van der Waals surface area contributed by atoms with Crippen molar-refractivity contribution in [1.82, 2.24) is 9.96 Å². The van der Waals surface area contributed by atoms with E-state index in [-0.39, 0.29) is 19.4 Å². The van der Waals surface area contributed by atoms with Crippen LogP contribution < -0.4 is 5.73 Å². The summed E-state index contributed by atoms with van der Waals surface area (Å²) in [6.45, 7) is -0.0390. The van der Waals surface area contributed by atoms with E-state index in [0.29, 0.717) is 5.06 Å². The van der Waals surface area contributed by atoms with Gasteiger partial charge in [-0.25, -0.2) is 4.79 Å². The zero-order valence-corrected chi connectivity index (χ0v) is 12.7. The maximum absolute atomic E-state index is 12.1. The van der Waals surface area contributed by atoms with Gasteiger partial charge in [0.25, 0.3) is 5.91 Å². The molecule has 2 rings (SSSR count). The summed E-state index contributed by atoms with van der Waals surface area (Å²) in [4.78, 5) is 27.4. The van der Waals surface area contributed by atoms with Crippen LogP contribution in [0, 0.1) is 0 Å². The Hall–Kier alpha value is -1.93. The monoisotopic (exact) mass is 374 g/mol. The number of urea groups is 1. The Morgan fingerprint density at radius 3 is 2.58 bits per heavy atom. The lowest BCUT2D eigenvalue weighted by Crippen LogP contribution is -2.48. The highest BCUT2D eigenvalue weighted by Gasteiger charge is 2.48. The molecule has 2 atom stereocenters. The molecule has 3 N–H and O–H groups in total. The summed E-state index contributed by atoms with van der Waals surface area (Å²) in [5, 5.41) is 0.445. The predicted molar refractivity (Wildman–Crippen MR) is 70.7 cm³/mol. The first-order valence-electron chi connectivity index (χ1n) is 6.58. The third-order valence-corrected chi connectivity index (χ3v) is 3.79. The Bertz CT molecular complexity index is 679. The quantitative estimate of drug-likeness (QED) is 0.395. The third kappa shape index (κ3) is 4.33. The summed E-state index contributed by atoms with van der Waals surface area (Å²) < 4.78 is 70.7. The van der Waals surface area contributed by atoms with Crippen molar-refractivity contribution in [2.24, 2.45) is 10.7 Å². The van der Waals surface area contributed by atoms with Gasteiger partial charge in [0, 0.05) is 6.54 Å².